The molecule has 208 valence electrons. The number of carbonyl (C=O) groups is 1. The average Bonchev–Trinajstić information content (AvgIpc) is 2.79. The van der Waals surface area contributed by atoms with Gasteiger partial charge in [-0.15, -0.1) is 0 Å². The van der Waals surface area contributed by atoms with E-state index in [1.807, 2.05) is 12.3 Å². The Hall–Kier alpha value is -0.330. The summed E-state index contributed by atoms with van der Waals surface area (Å²) in [7, 11) is 3.38. The third-order valence-corrected chi connectivity index (χ3v) is 6.95. The molecule has 0 aromatic rings. The Kier molecular flexibility index (Phi) is 23.8. The molecule has 0 fully saturated rings. The van der Waals surface area contributed by atoms with Crippen molar-refractivity contribution in [1.29, 1.82) is 0 Å². The van der Waals surface area contributed by atoms with E-state index in [9.17, 15) is 4.79 Å². The minimum absolute atomic E-state index is 0.00579. The molecule has 0 heterocycles. The smallest absolute Gasteiger partial charge is 0.222 e. The minimum atomic E-state index is -0.334. The van der Waals surface area contributed by atoms with E-state index in [4.69, 9.17) is 23.7 Å². The molecule has 0 aliphatic carbocycles. The Balaban J connectivity index is 3.69. The van der Waals surface area contributed by atoms with Crippen molar-refractivity contribution in [3.63, 3.8) is 0 Å². The number of hydrogen-bond donors (Lipinski definition) is 2. The summed E-state index contributed by atoms with van der Waals surface area (Å²) in [5.74, 6) is 0.485. The first-order chi connectivity index (χ1) is 16.8. The fourth-order valence-electron chi connectivity index (χ4n) is 2.72. The molecular weight excluding hydrogens is 488 g/mol. The van der Waals surface area contributed by atoms with Crippen LogP contribution in [0.15, 0.2) is 12.2 Å². The van der Waals surface area contributed by atoms with Gasteiger partial charge in [-0.25, -0.2) is 0 Å². The SMILES string of the molecule is CSS[C@@](C)(CCOCCOCCNC(C)C)OCCOCCOCCC(=O)NC/C=C/C(C)C. The number of hydrogen-bond acceptors (Lipinski definition) is 9. The van der Waals surface area contributed by atoms with Crippen molar-refractivity contribution in [2.45, 2.75) is 58.4 Å². The second-order valence-electron chi connectivity index (χ2n) is 8.77. The van der Waals surface area contributed by atoms with Crippen LogP contribution in [0.2, 0.25) is 0 Å². The molecule has 0 saturated heterocycles. The zero-order valence-corrected chi connectivity index (χ0v) is 24.4. The first-order valence-corrected chi connectivity index (χ1v) is 15.2. The number of rotatable bonds is 25. The highest BCUT2D eigenvalue weighted by atomic mass is 33.1. The number of nitrogens with one attached hydrogen (secondary N) is 2. The highest BCUT2D eigenvalue weighted by Crippen LogP contribution is 2.37. The van der Waals surface area contributed by atoms with Crippen LogP contribution in [0.4, 0.5) is 0 Å². The summed E-state index contributed by atoms with van der Waals surface area (Å²) in [6, 6.07) is 0.479. The van der Waals surface area contributed by atoms with Crippen LogP contribution in [-0.2, 0) is 28.5 Å². The zero-order chi connectivity index (χ0) is 26.2. The second kappa shape index (κ2) is 24.0. The van der Waals surface area contributed by atoms with Gasteiger partial charge in [-0.2, -0.15) is 0 Å². The van der Waals surface area contributed by atoms with Crippen LogP contribution in [0.5, 0.6) is 0 Å². The second-order valence-corrected chi connectivity index (χ2v) is 11.6. The zero-order valence-electron chi connectivity index (χ0n) is 22.8. The summed E-state index contributed by atoms with van der Waals surface area (Å²) in [6.07, 6.45) is 7.22. The number of allylic oxidation sites excluding steroid dienone is 1. The number of ether oxygens (including phenoxy) is 5. The number of carbonyl (C=O) groups excluding carboxylic acids is 1. The maximum Gasteiger partial charge on any atom is 0.222 e. The van der Waals surface area contributed by atoms with Gasteiger partial charge in [0.2, 0.25) is 5.91 Å². The maximum atomic E-state index is 11.7. The van der Waals surface area contributed by atoms with Crippen molar-refractivity contribution in [3.8, 4) is 0 Å². The van der Waals surface area contributed by atoms with Crippen LogP contribution in [0.3, 0.4) is 0 Å². The van der Waals surface area contributed by atoms with Gasteiger partial charge in [-0.1, -0.05) is 61.4 Å². The van der Waals surface area contributed by atoms with Crippen molar-refractivity contribution in [3.05, 3.63) is 12.2 Å². The molecule has 10 heteroatoms. The van der Waals surface area contributed by atoms with Crippen LogP contribution in [0, 0.1) is 5.92 Å². The highest BCUT2D eigenvalue weighted by Gasteiger charge is 2.25. The molecule has 2 N–H and O–H groups in total. The van der Waals surface area contributed by atoms with E-state index in [-0.39, 0.29) is 10.8 Å². The molecule has 0 aromatic heterocycles. The summed E-state index contributed by atoms with van der Waals surface area (Å²) in [5.41, 5.74) is 0. The van der Waals surface area contributed by atoms with E-state index in [2.05, 4.69) is 51.3 Å². The lowest BCUT2D eigenvalue weighted by Crippen LogP contribution is -2.28. The molecule has 1 amide bonds. The van der Waals surface area contributed by atoms with E-state index in [0.29, 0.717) is 84.4 Å². The normalized spacial score (nSPS) is 13.7. The predicted molar refractivity (Wildman–Crippen MR) is 148 cm³/mol. The number of amides is 1. The maximum absolute atomic E-state index is 11.7. The molecule has 0 aliphatic heterocycles. The van der Waals surface area contributed by atoms with E-state index in [0.717, 1.165) is 13.0 Å². The summed E-state index contributed by atoms with van der Waals surface area (Å²) >= 11 is 0. The Morgan fingerprint density at radius 1 is 0.886 bits per heavy atom. The molecule has 0 unspecified atom stereocenters. The molecule has 35 heavy (non-hydrogen) atoms. The monoisotopic (exact) mass is 538 g/mol. The van der Waals surface area contributed by atoms with E-state index < -0.39 is 0 Å². The summed E-state index contributed by atoms with van der Waals surface area (Å²) < 4.78 is 28.4. The average molecular weight is 539 g/mol. The van der Waals surface area contributed by atoms with Crippen molar-refractivity contribution in [2.24, 2.45) is 5.92 Å². The quantitative estimate of drug-likeness (QED) is 0.0778. The fraction of sp³-hybridized carbons (Fsp3) is 0.880. The molecule has 8 nitrogen and oxygen atoms in total. The van der Waals surface area contributed by atoms with Crippen molar-refractivity contribution >= 4 is 27.5 Å². The molecule has 0 aliphatic rings. The van der Waals surface area contributed by atoms with E-state index in [1.54, 1.807) is 21.6 Å². The molecule has 0 saturated carbocycles. The van der Waals surface area contributed by atoms with Gasteiger partial charge in [-0.3, -0.25) is 4.79 Å². The van der Waals surface area contributed by atoms with Crippen molar-refractivity contribution in [2.75, 3.05) is 78.8 Å². The highest BCUT2D eigenvalue weighted by molar-refractivity contribution is 8.76. The van der Waals surface area contributed by atoms with Gasteiger partial charge < -0.3 is 34.3 Å². The van der Waals surface area contributed by atoms with Gasteiger partial charge in [0.25, 0.3) is 0 Å². The summed E-state index contributed by atoms with van der Waals surface area (Å²) in [5, 5.41) is 6.16. The van der Waals surface area contributed by atoms with Crippen LogP contribution in [-0.4, -0.2) is 95.7 Å². The van der Waals surface area contributed by atoms with Gasteiger partial charge in [0.1, 0.15) is 4.93 Å². The third-order valence-electron chi connectivity index (χ3n) is 4.55. The first kappa shape index (κ1) is 34.7. The van der Waals surface area contributed by atoms with Crippen molar-refractivity contribution in [1.82, 2.24) is 10.6 Å². The van der Waals surface area contributed by atoms with Gasteiger partial charge in [-0.05, 0) is 19.1 Å². The molecular formula is C25H50N2O6S2. The predicted octanol–water partition coefficient (Wildman–Crippen LogP) is 3.90. The molecule has 0 spiro atoms. The van der Waals surface area contributed by atoms with Gasteiger partial charge in [0, 0.05) is 32.0 Å². The molecule has 1 atom stereocenters. The molecule has 0 rings (SSSR count). The summed E-state index contributed by atoms with van der Waals surface area (Å²) in [4.78, 5) is 11.4. The van der Waals surface area contributed by atoms with Crippen LogP contribution >= 0.6 is 21.6 Å². The fourth-order valence-corrected chi connectivity index (χ4v) is 4.82. The lowest BCUT2D eigenvalue weighted by Gasteiger charge is -2.28. The molecule has 0 radical (unpaired) electrons. The third kappa shape index (κ3) is 25.1. The topological polar surface area (TPSA) is 87.3 Å². The van der Waals surface area contributed by atoms with Crippen molar-refractivity contribution < 1.29 is 28.5 Å². The Labute approximate surface area is 221 Å². The van der Waals surface area contributed by atoms with Gasteiger partial charge in [0.15, 0.2) is 0 Å². The Morgan fingerprint density at radius 2 is 1.49 bits per heavy atom. The lowest BCUT2D eigenvalue weighted by molar-refractivity contribution is -0.122. The van der Waals surface area contributed by atoms with Crippen LogP contribution in [0.1, 0.15) is 47.5 Å². The van der Waals surface area contributed by atoms with E-state index in [1.165, 1.54) is 0 Å². The largest absolute Gasteiger partial charge is 0.379 e. The molecule has 0 aromatic carbocycles. The van der Waals surface area contributed by atoms with Gasteiger partial charge >= 0.3 is 0 Å². The Bertz CT molecular complexity index is 526. The van der Waals surface area contributed by atoms with Gasteiger partial charge in [0.05, 0.1) is 59.5 Å². The molecule has 0 bridgehead atoms. The standard InChI is InChI=1S/C25H50N2O6S2/c1-22(2)8-7-11-27-24(28)9-13-29-16-19-32-20-21-33-25(5,35-34-6)10-14-30-17-18-31-15-12-26-23(3)4/h7-8,22-23,26H,9-21H2,1-6H3,(H,27,28)/b8-7+/t25-/m0/s1. The first-order valence-electron chi connectivity index (χ1n) is 12.6. The Morgan fingerprint density at radius 3 is 2.11 bits per heavy atom. The minimum Gasteiger partial charge on any atom is -0.379 e. The van der Waals surface area contributed by atoms with Crippen LogP contribution < -0.4 is 10.6 Å². The van der Waals surface area contributed by atoms with Crippen LogP contribution in [0.25, 0.3) is 0 Å². The lowest BCUT2D eigenvalue weighted by atomic mass is 10.2. The van der Waals surface area contributed by atoms with E-state index >= 15 is 0 Å². The summed E-state index contributed by atoms with van der Waals surface area (Å²) in [6.45, 7) is 16.8.